The van der Waals surface area contributed by atoms with Crippen molar-refractivity contribution in [2.24, 2.45) is 5.92 Å². The molecule has 3 aromatic carbocycles. The summed E-state index contributed by atoms with van der Waals surface area (Å²) in [6.45, 7) is 1.19. The highest BCUT2D eigenvalue weighted by molar-refractivity contribution is 6.34. The third-order valence-corrected chi connectivity index (χ3v) is 6.05. The van der Waals surface area contributed by atoms with Crippen molar-refractivity contribution >= 4 is 39.5 Å². The summed E-state index contributed by atoms with van der Waals surface area (Å²) >= 11 is 6.65. The van der Waals surface area contributed by atoms with Gasteiger partial charge < -0.3 is 19.7 Å². The number of carboxylic acid groups (broad SMARTS) is 1. The monoisotopic (exact) mass is 435 g/mol. The molecule has 0 saturated carbocycles. The lowest BCUT2D eigenvalue weighted by Gasteiger charge is -2.37. The molecule has 1 aliphatic heterocycles. The fourth-order valence-corrected chi connectivity index (χ4v) is 4.46. The molecular formula is C23H18ClN3O4. The van der Waals surface area contributed by atoms with Crippen LogP contribution in [0.5, 0.6) is 5.75 Å². The van der Waals surface area contributed by atoms with Crippen molar-refractivity contribution in [3.8, 4) is 16.9 Å². The van der Waals surface area contributed by atoms with E-state index in [0.29, 0.717) is 41.3 Å². The molecule has 7 nitrogen and oxygen atoms in total. The van der Waals surface area contributed by atoms with Crippen LogP contribution >= 0.6 is 11.6 Å². The second-order valence-corrected chi connectivity index (χ2v) is 8.20. The Bertz CT molecular complexity index is 1410. The standard InChI is InChI=1S/C23H18ClN3O4/c24-19-8-21-20(25-9-22(29)27(21)12-13-10-26(11-13)23(30)31)7-18(19)17-6-15(28)5-14-3-1-2-4-16(14)17/h1-9,13,28H,10-12H2,(H,30,31). The molecule has 1 fully saturated rings. The molecule has 5 rings (SSSR count). The molecule has 0 spiro atoms. The first-order chi connectivity index (χ1) is 14.9. The van der Waals surface area contributed by atoms with Crippen LogP contribution in [0.3, 0.4) is 0 Å². The summed E-state index contributed by atoms with van der Waals surface area (Å²) in [5.41, 5.74) is 2.42. The molecule has 2 heterocycles. The molecule has 1 saturated heterocycles. The van der Waals surface area contributed by atoms with Gasteiger partial charge >= 0.3 is 6.09 Å². The first kappa shape index (κ1) is 19.4. The molecule has 0 unspecified atom stereocenters. The van der Waals surface area contributed by atoms with E-state index in [4.69, 9.17) is 16.7 Å². The second kappa shape index (κ2) is 7.28. The fraction of sp³-hybridized carbons (Fsp3) is 0.174. The third-order valence-electron chi connectivity index (χ3n) is 5.74. The number of phenols is 1. The van der Waals surface area contributed by atoms with Crippen LogP contribution in [-0.2, 0) is 6.54 Å². The number of phenolic OH excluding ortho intramolecular Hbond substituents is 1. The summed E-state index contributed by atoms with van der Waals surface area (Å²) in [4.78, 5) is 29.1. The zero-order chi connectivity index (χ0) is 21.7. The predicted octanol–water partition coefficient (Wildman–Crippen LogP) is 4.19. The van der Waals surface area contributed by atoms with Crippen molar-refractivity contribution in [1.29, 1.82) is 0 Å². The van der Waals surface area contributed by atoms with Gasteiger partial charge in [-0.15, -0.1) is 0 Å². The van der Waals surface area contributed by atoms with Crippen molar-refractivity contribution in [3.05, 3.63) is 70.1 Å². The van der Waals surface area contributed by atoms with E-state index in [-0.39, 0.29) is 17.2 Å². The Morgan fingerprint density at radius 3 is 2.68 bits per heavy atom. The van der Waals surface area contributed by atoms with Crippen LogP contribution in [0.25, 0.3) is 32.9 Å². The summed E-state index contributed by atoms with van der Waals surface area (Å²) in [7, 11) is 0. The number of fused-ring (bicyclic) bond motifs is 2. The first-order valence-corrected chi connectivity index (χ1v) is 10.2. The summed E-state index contributed by atoms with van der Waals surface area (Å²) in [6.07, 6.45) is 0.322. The van der Waals surface area contributed by atoms with E-state index >= 15 is 0 Å². The maximum atomic E-state index is 12.5. The van der Waals surface area contributed by atoms with E-state index < -0.39 is 6.09 Å². The maximum Gasteiger partial charge on any atom is 0.407 e. The van der Waals surface area contributed by atoms with E-state index in [0.717, 1.165) is 16.3 Å². The number of hydrogen-bond donors (Lipinski definition) is 2. The minimum absolute atomic E-state index is 0.0628. The molecule has 2 N–H and O–H groups in total. The van der Waals surface area contributed by atoms with Crippen LogP contribution in [0.4, 0.5) is 4.79 Å². The molecule has 0 bridgehead atoms. The zero-order valence-corrected chi connectivity index (χ0v) is 17.1. The first-order valence-electron chi connectivity index (χ1n) is 9.80. The summed E-state index contributed by atoms with van der Waals surface area (Å²) in [6, 6.07) is 14.6. The Labute approximate surface area is 181 Å². The molecule has 156 valence electrons. The molecule has 0 atom stereocenters. The molecule has 4 aromatic rings. The zero-order valence-electron chi connectivity index (χ0n) is 16.3. The van der Waals surface area contributed by atoms with E-state index in [1.807, 2.05) is 30.3 Å². The normalized spacial score (nSPS) is 14.2. The summed E-state index contributed by atoms with van der Waals surface area (Å²) < 4.78 is 1.60. The second-order valence-electron chi connectivity index (χ2n) is 7.80. The molecule has 1 amide bonds. The van der Waals surface area contributed by atoms with Crippen LogP contribution in [0.2, 0.25) is 5.02 Å². The highest BCUT2D eigenvalue weighted by Crippen LogP contribution is 2.38. The Morgan fingerprint density at radius 2 is 1.90 bits per heavy atom. The highest BCUT2D eigenvalue weighted by atomic mass is 35.5. The molecule has 8 heteroatoms. The van der Waals surface area contributed by atoms with Gasteiger partial charge in [-0.05, 0) is 40.6 Å². The van der Waals surface area contributed by atoms with Crippen LogP contribution in [0.15, 0.2) is 59.5 Å². The minimum atomic E-state index is -0.950. The van der Waals surface area contributed by atoms with Gasteiger partial charge in [-0.3, -0.25) is 4.79 Å². The van der Waals surface area contributed by atoms with Crippen molar-refractivity contribution in [1.82, 2.24) is 14.5 Å². The van der Waals surface area contributed by atoms with Gasteiger partial charge in [0.05, 0.1) is 22.3 Å². The Kier molecular flexibility index (Phi) is 4.55. The quantitative estimate of drug-likeness (QED) is 0.503. The third kappa shape index (κ3) is 3.37. The number of likely N-dealkylation sites (tertiary alicyclic amines) is 1. The van der Waals surface area contributed by atoms with E-state index in [1.54, 1.807) is 22.8 Å². The number of amides is 1. The van der Waals surface area contributed by atoms with Crippen molar-refractivity contribution in [3.63, 3.8) is 0 Å². The van der Waals surface area contributed by atoms with Crippen molar-refractivity contribution in [2.45, 2.75) is 6.54 Å². The number of rotatable bonds is 3. The van der Waals surface area contributed by atoms with E-state index in [2.05, 4.69) is 4.98 Å². The smallest absolute Gasteiger partial charge is 0.407 e. The molecule has 31 heavy (non-hydrogen) atoms. The van der Waals surface area contributed by atoms with E-state index in [9.17, 15) is 14.7 Å². The number of halogens is 1. The summed E-state index contributed by atoms with van der Waals surface area (Å²) in [5, 5.41) is 21.5. The number of benzene rings is 3. The van der Waals surface area contributed by atoms with Crippen LogP contribution in [-0.4, -0.2) is 43.8 Å². The van der Waals surface area contributed by atoms with Gasteiger partial charge in [-0.25, -0.2) is 9.78 Å². The van der Waals surface area contributed by atoms with Crippen LogP contribution < -0.4 is 5.56 Å². The average Bonchev–Trinajstić information content (AvgIpc) is 2.70. The molecule has 1 aliphatic rings. The SMILES string of the molecule is O=C(O)N1CC(Cn2c(=O)cnc3cc(-c4cc(O)cc5ccccc45)c(Cl)cc32)C1. The van der Waals surface area contributed by atoms with Crippen LogP contribution in [0.1, 0.15) is 0 Å². The number of aromatic hydroxyl groups is 1. The molecule has 1 aromatic heterocycles. The predicted molar refractivity (Wildman–Crippen MR) is 119 cm³/mol. The topological polar surface area (TPSA) is 95.7 Å². The lowest BCUT2D eigenvalue weighted by Crippen LogP contribution is -2.51. The van der Waals surface area contributed by atoms with Gasteiger partial charge in [0.15, 0.2) is 0 Å². The largest absolute Gasteiger partial charge is 0.508 e. The van der Waals surface area contributed by atoms with Gasteiger partial charge in [0, 0.05) is 31.1 Å². The molecular weight excluding hydrogens is 418 g/mol. The minimum Gasteiger partial charge on any atom is -0.508 e. The molecule has 0 aliphatic carbocycles. The Hall–Kier alpha value is -3.58. The van der Waals surface area contributed by atoms with Crippen molar-refractivity contribution < 1.29 is 15.0 Å². The van der Waals surface area contributed by atoms with Crippen LogP contribution in [0, 0.1) is 5.92 Å². The van der Waals surface area contributed by atoms with E-state index in [1.165, 1.54) is 11.1 Å². The molecule has 0 radical (unpaired) electrons. The highest BCUT2D eigenvalue weighted by Gasteiger charge is 2.31. The number of aromatic nitrogens is 2. The summed E-state index contributed by atoms with van der Waals surface area (Å²) in [5.74, 6) is 0.198. The van der Waals surface area contributed by atoms with Gasteiger partial charge in [-0.1, -0.05) is 35.9 Å². The fourth-order valence-electron chi connectivity index (χ4n) is 4.20. The average molecular weight is 436 g/mol. The number of carbonyl (C=O) groups is 1. The van der Waals surface area contributed by atoms with Gasteiger partial charge in [-0.2, -0.15) is 0 Å². The maximum absolute atomic E-state index is 12.5. The Morgan fingerprint density at radius 1 is 1.13 bits per heavy atom. The van der Waals surface area contributed by atoms with Gasteiger partial charge in [0.1, 0.15) is 5.75 Å². The number of hydrogen-bond acceptors (Lipinski definition) is 4. The number of nitrogens with zero attached hydrogens (tertiary/aromatic N) is 3. The lowest BCUT2D eigenvalue weighted by molar-refractivity contribution is 0.0749. The van der Waals surface area contributed by atoms with Gasteiger partial charge in [0.25, 0.3) is 5.56 Å². The van der Waals surface area contributed by atoms with Gasteiger partial charge in [0.2, 0.25) is 0 Å². The Balaban J connectivity index is 1.61. The lowest BCUT2D eigenvalue weighted by atomic mass is 9.97. The van der Waals surface area contributed by atoms with Crippen molar-refractivity contribution in [2.75, 3.05) is 13.1 Å².